The summed E-state index contributed by atoms with van der Waals surface area (Å²) in [5.74, 6) is -4.34. The molecule has 3 heterocycles. The maximum absolute atomic E-state index is 14.0. The summed E-state index contributed by atoms with van der Waals surface area (Å²) in [4.78, 5) is 107. The number of methoxy groups -OCH3 is 2. The third kappa shape index (κ3) is 15.7. The van der Waals surface area contributed by atoms with Crippen molar-refractivity contribution in [3.63, 3.8) is 0 Å². The number of esters is 1. The quantitative estimate of drug-likeness (QED) is 0.0230. The molecule has 2 fully saturated rings. The van der Waals surface area contributed by atoms with Gasteiger partial charge in [0.15, 0.2) is 5.72 Å². The molecule has 7 amide bonds. The number of epoxide rings is 1. The fraction of sp³-hybridized carbons (Fsp3) is 0.592. The van der Waals surface area contributed by atoms with E-state index in [1.54, 1.807) is 45.4 Å². The number of nitrogens with one attached hydrogen (secondary N) is 4. The zero-order chi connectivity index (χ0) is 53.5. The van der Waals surface area contributed by atoms with E-state index in [1.807, 2.05) is 25.1 Å². The standard InChI is InChI=1S/C49H70ClN7O14S/c1-28(23-31-16-17-32(50)35(24-31)67-7)13-12-15-37(68-8)49(66)26-36(69-47(65)55-49)29(2)43-48(4,71-43)38(25-40(59)52-5)70-46(64)30(3)56(6)45(63)34(27-72-9)54-44(62)33(14-10-11-21-51)53-39(58)20-22-57-41(60)18-19-42(57)61/h12-13,15-19,24,29-30,33-34,36-38,43,66H,10-11,14,20-23,25-27,51H2,1-9H3,(H,52,59)(H,53,58)(H,54,62)(H,55,65)/b15-12+,28-13+/t29?,30-,33+,34?,36?,37?,38?,43?,48?,49?/m0/s1. The second-order valence-electron chi connectivity index (χ2n) is 18.2. The lowest BCUT2D eigenvalue weighted by molar-refractivity contribution is -0.162. The number of unbranched alkanes of at least 4 members (excludes halogenated alkanes) is 1. The number of carbonyl (C=O) groups excluding carboxylic acids is 8. The summed E-state index contributed by atoms with van der Waals surface area (Å²) >= 11 is 7.43. The highest BCUT2D eigenvalue weighted by molar-refractivity contribution is 7.98. The molecule has 0 saturated carbocycles. The Labute approximate surface area is 429 Å². The third-order valence-electron chi connectivity index (χ3n) is 13.0. The highest BCUT2D eigenvalue weighted by Gasteiger charge is 2.64. The first kappa shape index (κ1) is 59.0. The first-order valence-corrected chi connectivity index (χ1v) is 25.4. The van der Waals surface area contributed by atoms with Gasteiger partial charge in [-0.25, -0.2) is 9.59 Å². The lowest BCUT2D eigenvalue weighted by Gasteiger charge is -2.42. The number of allylic oxidation sites excluding steroid dienone is 3. The number of rotatable bonds is 28. The largest absolute Gasteiger partial charge is 0.495 e. The van der Waals surface area contributed by atoms with Crippen molar-refractivity contribution in [3.05, 3.63) is 64.7 Å². The second kappa shape index (κ2) is 27.0. The van der Waals surface area contributed by atoms with E-state index in [4.69, 9.17) is 41.0 Å². The predicted molar refractivity (Wildman–Crippen MR) is 267 cm³/mol. The minimum Gasteiger partial charge on any atom is -0.495 e. The molecule has 398 valence electrons. The lowest BCUT2D eigenvalue weighted by atomic mass is 9.83. The Bertz CT molecular complexity index is 2230. The van der Waals surface area contributed by atoms with Crippen molar-refractivity contribution >= 4 is 70.9 Å². The van der Waals surface area contributed by atoms with Crippen LogP contribution in [0.3, 0.4) is 0 Å². The smallest absolute Gasteiger partial charge is 0.409 e. The number of nitrogens with zero attached hydrogens (tertiary/aromatic N) is 2. The van der Waals surface area contributed by atoms with E-state index in [0.29, 0.717) is 36.6 Å². The van der Waals surface area contributed by atoms with Crippen molar-refractivity contribution in [3.8, 4) is 5.75 Å². The summed E-state index contributed by atoms with van der Waals surface area (Å²) in [7, 11) is 5.72. The van der Waals surface area contributed by atoms with Crippen LogP contribution in [0, 0.1) is 5.92 Å². The van der Waals surface area contributed by atoms with Crippen LogP contribution in [0.2, 0.25) is 5.02 Å². The topological polar surface area (TPSA) is 287 Å². The van der Waals surface area contributed by atoms with Crippen LogP contribution in [0.25, 0.3) is 0 Å². The van der Waals surface area contributed by atoms with Gasteiger partial charge < -0.3 is 55.4 Å². The number of thioether (sulfide) groups is 1. The second-order valence-corrected chi connectivity index (χ2v) is 19.6. The number of carbonyl (C=O) groups is 8. The van der Waals surface area contributed by atoms with Gasteiger partial charge in [0.05, 0.1) is 24.7 Å². The van der Waals surface area contributed by atoms with E-state index in [0.717, 1.165) is 33.1 Å². The molecule has 1 aromatic carbocycles. The Morgan fingerprint density at radius 3 is 2.40 bits per heavy atom. The van der Waals surface area contributed by atoms with Gasteiger partial charge in [0.2, 0.25) is 23.6 Å². The number of cyclic esters (lactones) is 1. The monoisotopic (exact) mass is 1050 g/mol. The molecule has 3 aliphatic heterocycles. The molecule has 0 spiro atoms. The number of likely N-dealkylation sites (N-methyl/N-ethyl adjacent to an activating group) is 1. The molecular formula is C49H70ClN7O14S. The van der Waals surface area contributed by atoms with E-state index in [2.05, 4.69) is 21.3 Å². The number of benzene rings is 1. The number of hydrogen-bond donors (Lipinski definition) is 6. The summed E-state index contributed by atoms with van der Waals surface area (Å²) in [6.45, 7) is 6.90. The Hall–Kier alpha value is -5.52. The molecule has 0 radical (unpaired) electrons. The van der Waals surface area contributed by atoms with Gasteiger partial charge in [-0.2, -0.15) is 11.8 Å². The molecule has 21 nitrogen and oxygen atoms in total. The molecule has 0 aromatic heterocycles. The molecule has 23 heteroatoms. The maximum atomic E-state index is 14.0. The Kier molecular flexibility index (Phi) is 22.1. The number of hydrogen-bond acceptors (Lipinski definition) is 16. The number of imide groups is 1. The molecule has 1 aromatic rings. The minimum absolute atomic E-state index is 0.0904. The van der Waals surface area contributed by atoms with Crippen LogP contribution in [-0.4, -0.2) is 170 Å². The van der Waals surface area contributed by atoms with Crippen molar-refractivity contribution < 1.29 is 67.1 Å². The van der Waals surface area contributed by atoms with Gasteiger partial charge in [-0.05, 0) is 77.0 Å². The normalized spacial score (nSPS) is 23.2. The van der Waals surface area contributed by atoms with Gasteiger partial charge in [-0.15, -0.1) is 0 Å². The van der Waals surface area contributed by atoms with E-state index in [1.165, 1.54) is 39.9 Å². The van der Waals surface area contributed by atoms with E-state index in [9.17, 15) is 43.5 Å². The van der Waals surface area contributed by atoms with Gasteiger partial charge in [0.1, 0.15) is 47.8 Å². The molecular weight excluding hydrogens is 978 g/mol. The molecule has 7 N–H and O–H groups in total. The first-order chi connectivity index (χ1) is 34.0. The average Bonchev–Trinajstić information content (AvgIpc) is 3.94. The number of aliphatic hydroxyl groups is 1. The van der Waals surface area contributed by atoms with Gasteiger partial charge in [-0.1, -0.05) is 48.4 Å². The van der Waals surface area contributed by atoms with Crippen LogP contribution in [0.1, 0.15) is 71.8 Å². The van der Waals surface area contributed by atoms with E-state index >= 15 is 0 Å². The molecule has 0 bridgehead atoms. The Balaban J connectivity index is 1.42. The first-order valence-electron chi connectivity index (χ1n) is 23.6. The molecule has 4 rings (SSSR count). The molecule has 10 atom stereocenters. The van der Waals surface area contributed by atoms with E-state index < -0.39 is 107 Å². The lowest BCUT2D eigenvalue weighted by Crippen LogP contribution is -2.63. The molecule has 8 unspecified atom stereocenters. The van der Waals surface area contributed by atoms with Gasteiger partial charge in [-0.3, -0.25) is 39.0 Å². The number of ether oxygens (including phenoxy) is 5. The van der Waals surface area contributed by atoms with Crippen molar-refractivity contribution in [2.75, 3.05) is 53.4 Å². The summed E-state index contributed by atoms with van der Waals surface area (Å²) in [6, 6.07) is 2.01. The van der Waals surface area contributed by atoms with Crippen LogP contribution in [0.5, 0.6) is 5.75 Å². The average molecular weight is 1050 g/mol. The number of halogens is 1. The zero-order valence-electron chi connectivity index (χ0n) is 42.3. The van der Waals surface area contributed by atoms with Gasteiger partial charge in [0, 0.05) is 64.4 Å². The molecule has 3 aliphatic rings. The SMILES string of the molecule is CNC(=O)CC(OC(=O)[C@H](C)N(C)C(=O)C(CSC)NC(=O)[C@@H](CCCCN)NC(=O)CCN1C(=O)C=CC1=O)C1(C)OC1C(C)C1CC(O)(C(/C=C/C=C(\C)Cc2ccc(Cl)c(OC)c2)OC)NC(=O)O1. The van der Waals surface area contributed by atoms with Crippen LogP contribution in [0.4, 0.5) is 4.79 Å². The molecule has 0 aliphatic carbocycles. The zero-order valence-corrected chi connectivity index (χ0v) is 43.9. The molecule has 2 saturated heterocycles. The molecule has 72 heavy (non-hydrogen) atoms. The van der Waals surface area contributed by atoms with Crippen LogP contribution >= 0.6 is 23.4 Å². The fourth-order valence-corrected chi connectivity index (χ4v) is 9.22. The predicted octanol–water partition coefficient (Wildman–Crippen LogP) is 2.06. The van der Waals surface area contributed by atoms with Crippen molar-refractivity contribution in [1.82, 2.24) is 31.1 Å². The van der Waals surface area contributed by atoms with Gasteiger partial charge in [0.25, 0.3) is 11.8 Å². The van der Waals surface area contributed by atoms with Crippen LogP contribution in [0.15, 0.2) is 54.2 Å². The van der Waals surface area contributed by atoms with Crippen molar-refractivity contribution in [1.29, 1.82) is 0 Å². The summed E-state index contributed by atoms with van der Waals surface area (Å²) in [5, 5.41) is 22.7. The number of amides is 7. The maximum Gasteiger partial charge on any atom is 0.409 e. The van der Waals surface area contributed by atoms with Crippen LogP contribution < -0.4 is 31.7 Å². The third-order valence-corrected chi connectivity index (χ3v) is 13.9. The minimum atomic E-state index is -1.92. The summed E-state index contributed by atoms with van der Waals surface area (Å²) in [5.41, 5.74) is 4.41. The highest BCUT2D eigenvalue weighted by atomic mass is 35.5. The summed E-state index contributed by atoms with van der Waals surface area (Å²) in [6.07, 6.45) is 5.38. The fourth-order valence-electron chi connectivity index (χ4n) is 8.47. The number of alkyl carbamates (subject to hydrolysis) is 1. The Morgan fingerprint density at radius 2 is 1.78 bits per heavy atom. The highest BCUT2D eigenvalue weighted by Crippen LogP contribution is 2.49. The van der Waals surface area contributed by atoms with Crippen LogP contribution in [-0.2, 0) is 58.9 Å². The summed E-state index contributed by atoms with van der Waals surface area (Å²) < 4.78 is 28.8. The van der Waals surface area contributed by atoms with Gasteiger partial charge >= 0.3 is 12.1 Å². The van der Waals surface area contributed by atoms with Crippen molar-refractivity contribution in [2.45, 2.75) is 127 Å². The number of nitrogens with two attached hydrogens (primary N) is 1. The Morgan fingerprint density at radius 1 is 1.08 bits per heavy atom. The van der Waals surface area contributed by atoms with E-state index in [-0.39, 0.29) is 38.0 Å². The van der Waals surface area contributed by atoms with Crippen molar-refractivity contribution in [2.24, 2.45) is 11.7 Å².